The second-order valence-corrected chi connectivity index (χ2v) is 10.9. The molecule has 41 heavy (non-hydrogen) atoms. The van der Waals surface area contributed by atoms with Crippen molar-refractivity contribution in [3.63, 3.8) is 0 Å². The third-order valence-electron chi connectivity index (χ3n) is 7.96. The minimum absolute atomic E-state index is 0.219. The van der Waals surface area contributed by atoms with E-state index in [-0.39, 0.29) is 17.6 Å². The minimum atomic E-state index is -0.614. The molecule has 7 rings (SSSR count). The lowest BCUT2D eigenvalue weighted by molar-refractivity contribution is 0.0919. The summed E-state index contributed by atoms with van der Waals surface area (Å²) in [5.41, 5.74) is 4.02. The monoisotopic (exact) mass is 550 g/mol. The maximum Gasteiger partial charge on any atom is 0.255 e. The summed E-state index contributed by atoms with van der Waals surface area (Å²) in [5.74, 6) is 1.04. The van der Waals surface area contributed by atoms with Gasteiger partial charge in [0.05, 0.1) is 5.56 Å². The SMILES string of the molecule is CNC(=O)c1c(-c2ccc(F)cc2)oc2ccc(-c3cc(C(=O)NC4(c5nc(C6CC6)no5)CC4)ccc3C)cc12. The molecule has 0 atom stereocenters. The largest absolute Gasteiger partial charge is 0.455 e. The third kappa shape index (κ3) is 4.47. The van der Waals surface area contributed by atoms with E-state index in [9.17, 15) is 14.0 Å². The summed E-state index contributed by atoms with van der Waals surface area (Å²) in [6.07, 6.45) is 3.65. The fraction of sp³-hybridized carbons (Fsp3) is 0.250. The molecule has 0 bridgehead atoms. The summed E-state index contributed by atoms with van der Waals surface area (Å²) < 4.78 is 25.2. The Balaban J connectivity index is 1.23. The fourth-order valence-electron chi connectivity index (χ4n) is 5.24. The molecule has 206 valence electrons. The van der Waals surface area contributed by atoms with Gasteiger partial charge in [-0.05, 0) is 97.8 Å². The van der Waals surface area contributed by atoms with Crippen molar-refractivity contribution in [2.45, 2.75) is 44.1 Å². The van der Waals surface area contributed by atoms with Crippen LogP contribution in [-0.2, 0) is 5.54 Å². The van der Waals surface area contributed by atoms with Crippen molar-refractivity contribution < 1.29 is 22.9 Å². The number of carbonyl (C=O) groups excluding carboxylic acids is 2. The molecule has 2 amide bonds. The van der Waals surface area contributed by atoms with Crippen molar-refractivity contribution in [2.24, 2.45) is 0 Å². The van der Waals surface area contributed by atoms with E-state index in [0.717, 1.165) is 48.2 Å². The highest BCUT2D eigenvalue weighted by Crippen LogP contribution is 2.47. The molecule has 0 saturated heterocycles. The number of halogens is 1. The van der Waals surface area contributed by atoms with Crippen molar-refractivity contribution in [1.82, 2.24) is 20.8 Å². The lowest BCUT2D eigenvalue weighted by Crippen LogP contribution is -2.35. The van der Waals surface area contributed by atoms with Gasteiger partial charge in [-0.1, -0.05) is 17.3 Å². The van der Waals surface area contributed by atoms with Crippen LogP contribution in [0.3, 0.4) is 0 Å². The molecule has 2 heterocycles. The highest BCUT2D eigenvalue weighted by Gasteiger charge is 2.51. The second-order valence-electron chi connectivity index (χ2n) is 10.9. The number of benzene rings is 3. The van der Waals surface area contributed by atoms with Crippen molar-refractivity contribution >= 4 is 22.8 Å². The van der Waals surface area contributed by atoms with Gasteiger partial charge >= 0.3 is 0 Å². The van der Waals surface area contributed by atoms with E-state index in [1.165, 1.54) is 12.1 Å². The normalized spacial score (nSPS) is 15.6. The molecule has 3 aromatic carbocycles. The van der Waals surface area contributed by atoms with Crippen molar-refractivity contribution in [1.29, 1.82) is 0 Å². The van der Waals surface area contributed by atoms with Crippen LogP contribution >= 0.6 is 0 Å². The van der Waals surface area contributed by atoms with Gasteiger partial charge < -0.3 is 19.6 Å². The second kappa shape index (κ2) is 9.40. The molecule has 2 aliphatic carbocycles. The predicted octanol–water partition coefficient (Wildman–Crippen LogP) is 6.25. The first kappa shape index (κ1) is 25.2. The Kier molecular flexibility index (Phi) is 5.78. The number of aromatic nitrogens is 2. The van der Waals surface area contributed by atoms with Crippen LogP contribution in [0.5, 0.6) is 0 Å². The average Bonchev–Trinajstić information content (AvgIpc) is 3.90. The molecular formula is C32H27FN4O4. The van der Waals surface area contributed by atoms with E-state index in [4.69, 9.17) is 8.94 Å². The van der Waals surface area contributed by atoms with Crippen LogP contribution in [-0.4, -0.2) is 29.0 Å². The fourth-order valence-corrected chi connectivity index (χ4v) is 5.24. The van der Waals surface area contributed by atoms with Gasteiger partial charge in [0.1, 0.15) is 22.7 Å². The summed E-state index contributed by atoms with van der Waals surface area (Å²) in [6.45, 7) is 1.97. The molecule has 2 aromatic heterocycles. The molecular weight excluding hydrogens is 523 g/mol. The Hall–Kier alpha value is -4.79. The maximum absolute atomic E-state index is 13.6. The summed E-state index contributed by atoms with van der Waals surface area (Å²) in [7, 11) is 1.55. The van der Waals surface area contributed by atoms with Gasteiger partial charge in [0.2, 0.25) is 0 Å². The lowest BCUT2D eigenvalue weighted by atomic mass is 9.95. The van der Waals surface area contributed by atoms with Crippen LogP contribution in [0.1, 0.15) is 69.6 Å². The highest BCUT2D eigenvalue weighted by atomic mass is 19.1. The molecule has 0 radical (unpaired) electrons. The molecule has 2 N–H and O–H groups in total. The van der Waals surface area contributed by atoms with Crippen LogP contribution in [0, 0.1) is 12.7 Å². The zero-order chi connectivity index (χ0) is 28.3. The number of aryl methyl sites for hydroxylation is 1. The number of hydrogen-bond donors (Lipinski definition) is 2. The van der Waals surface area contributed by atoms with Gasteiger partial charge in [-0.3, -0.25) is 9.59 Å². The van der Waals surface area contributed by atoms with E-state index in [2.05, 4.69) is 20.8 Å². The lowest BCUT2D eigenvalue weighted by Gasteiger charge is -2.14. The maximum atomic E-state index is 13.6. The van der Waals surface area contributed by atoms with Gasteiger partial charge in [-0.25, -0.2) is 4.39 Å². The van der Waals surface area contributed by atoms with Crippen LogP contribution in [0.2, 0.25) is 0 Å². The summed E-state index contributed by atoms with van der Waals surface area (Å²) in [4.78, 5) is 31.0. The quantitative estimate of drug-likeness (QED) is 0.248. The predicted molar refractivity (Wildman–Crippen MR) is 150 cm³/mol. The average molecular weight is 551 g/mol. The van der Waals surface area contributed by atoms with Gasteiger partial charge in [0.15, 0.2) is 5.82 Å². The Morgan fingerprint density at radius 1 is 0.976 bits per heavy atom. The molecule has 2 saturated carbocycles. The number of furan rings is 1. The van der Waals surface area contributed by atoms with Crippen LogP contribution in [0.25, 0.3) is 33.4 Å². The number of amides is 2. The zero-order valence-electron chi connectivity index (χ0n) is 22.6. The molecule has 0 unspecified atom stereocenters. The van der Waals surface area contributed by atoms with E-state index in [0.29, 0.717) is 45.2 Å². The van der Waals surface area contributed by atoms with Crippen molar-refractivity contribution in [2.75, 3.05) is 7.05 Å². The Morgan fingerprint density at radius 2 is 1.73 bits per heavy atom. The number of rotatable bonds is 7. The summed E-state index contributed by atoms with van der Waals surface area (Å²) >= 11 is 0. The van der Waals surface area contributed by atoms with E-state index in [1.54, 1.807) is 25.2 Å². The van der Waals surface area contributed by atoms with Crippen LogP contribution in [0.15, 0.2) is 69.6 Å². The standard InChI is InChI=1S/C32H27FN4O4/c1-17-3-4-21(29(38)36-32(13-14-32)31-35-28(37-41-31)19-5-6-19)16-23(17)20-9-12-25-24(15-20)26(30(39)34-2)27(40-25)18-7-10-22(33)11-8-18/h3-4,7-12,15-16,19H,5-6,13-14H2,1-2H3,(H,34,39)(H,36,38). The molecule has 2 fully saturated rings. The smallest absolute Gasteiger partial charge is 0.255 e. The number of nitrogens with one attached hydrogen (secondary N) is 2. The Bertz CT molecular complexity index is 1830. The molecule has 0 aliphatic heterocycles. The number of hydrogen-bond acceptors (Lipinski definition) is 6. The van der Waals surface area contributed by atoms with Crippen LogP contribution in [0.4, 0.5) is 4.39 Å². The summed E-state index contributed by atoms with van der Waals surface area (Å²) in [5, 5.41) is 10.5. The van der Waals surface area contributed by atoms with Crippen molar-refractivity contribution in [3.05, 3.63) is 94.9 Å². The molecule has 8 nitrogen and oxygen atoms in total. The van der Waals surface area contributed by atoms with Crippen LogP contribution < -0.4 is 10.6 Å². The first-order chi connectivity index (χ1) is 19.8. The van der Waals surface area contributed by atoms with Gasteiger partial charge in [-0.2, -0.15) is 4.98 Å². The number of carbonyl (C=O) groups is 2. The third-order valence-corrected chi connectivity index (χ3v) is 7.96. The van der Waals surface area contributed by atoms with E-state index < -0.39 is 5.54 Å². The first-order valence-corrected chi connectivity index (χ1v) is 13.7. The number of nitrogens with zero attached hydrogens (tertiary/aromatic N) is 2. The first-order valence-electron chi connectivity index (χ1n) is 13.7. The molecule has 5 aromatic rings. The Morgan fingerprint density at radius 3 is 2.44 bits per heavy atom. The van der Waals surface area contributed by atoms with Gasteiger partial charge in [0, 0.05) is 29.5 Å². The van der Waals surface area contributed by atoms with Gasteiger partial charge in [-0.15, -0.1) is 0 Å². The van der Waals surface area contributed by atoms with E-state index in [1.807, 2.05) is 37.3 Å². The highest BCUT2D eigenvalue weighted by molar-refractivity contribution is 6.12. The van der Waals surface area contributed by atoms with E-state index >= 15 is 0 Å². The topological polar surface area (TPSA) is 110 Å². The van der Waals surface area contributed by atoms with Gasteiger partial charge in [0.25, 0.3) is 17.7 Å². The molecule has 0 spiro atoms. The zero-order valence-corrected chi connectivity index (χ0v) is 22.6. The molecule has 2 aliphatic rings. The number of fused-ring (bicyclic) bond motifs is 1. The summed E-state index contributed by atoms with van der Waals surface area (Å²) in [6, 6.07) is 17.0. The minimum Gasteiger partial charge on any atom is -0.455 e. The Labute approximate surface area is 234 Å². The molecule has 9 heteroatoms. The van der Waals surface area contributed by atoms with Crippen molar-refractivity contribution in [3.8, 4) is 22.5 Å².